The minimum atomic E-state index is -0.192. The highest BCUT2D eigenvalue weighted by Crippen LogP contribution is 2.11. The van der Waals surface area contributed by atoms with E-state index in [4.69, 9.17) is 11.6 Å². The molecule has 0 aliphatic rings. The van der Waals surface area contributed by atoms with E-state index in [1.165, 1.54) is 23.5 Å². The number of anilines is 1. The molecule has 27 heavy (non-hydrogen) atoms. The lowest BCUT2D eigenvalue weighted by Crippen LogP contribution is -2.26. The van der Waals surface area contributed by atoms with Crippen LogP contribution in [0.25, 0.3) is 0 Å². The van der Waals surface area contributed by atoms with Crippen molar-refractivity contribution in [2.45, 2.75) is 19.9 Å². The molecule has 0 saturated carbocycles. The van der Waals surface area contributed by atoms with Crippen molar-refractivity contribution in [3.63, 3.8) is 0 Å². The van der Waals surface area contributed by atoms with Crippen molar-refractivity contribution >= 4 is 23.5 Å². The maximum atomic E-state index is 12.2. The van der Waals surface area contributed by atoms with E-state index in [9.17, 15) is 4.79 Å². The molecule has 138 valence electrons. The highest BCUT2D eigenvalue weighted by atomic mass is 35.5. The Balaban J connectivity index is 1.49. The number of rotatable bonds is 7. The highest BCUT2D eigenvalue weighted by molar-refractivity contribution is 6.30. The van der Waals surface area contributed by atoms with Crippen molar-refractivity contribution in [2.75, 3.05) is 11.9 Å². The Labute approximate surface area is 163 Å². The van der Waals surface area contributed by atoms with Gasteiger partial charge in [-0.1, -0.05) is 48.0 Å². The molecule has 2 aromatic carbocycles. The minimum Gasteiger partial charge on any atom is -0.352 e. The van der Waals surface area contributed by atoms with Crippen LogP contribution in [0.15, 0.2) is 60.9 Å². The van der Waals surface area contributed by atoms with Gasteiger partial charge >= 0.3 is 0 Å². The topological polar surface area (TPSA) is 66.9 Å². The van der Waals surface area contributed by atoms with Gasteiger partial charge in [0.15, 0.2) is 0 Å². The molecule has 5 nitrogen and oxygen atoms in total. The van der Waals surface area contributed by atoms with E-state index in [1.807, 2.05) is 36.4 Å². The molecule has 0 aliphatic heterocycles. The Hall–Kier alpha value is -2.92. The first-order valence-electron chi connectivity index (χ1n) is 8.75. The summed E-state index contributed by atoms with van der Waals surface area (Å²) >= 11 is 5.96. The van der Waals surface area contributed by atoms with Crippen molar-refractivity contribution in [3.05, 3.63) is 88.2 Å². The average Bonchev–Trinajstić information content (AvgIpc) is 2.68. The molecule has 3 rings (SSSR count). The average molecular weight is 381 g/mol. The van der Waals surface area contributed by atoms with Crippen LogP contribution in [0.1, 0.15) is 27.0 Å². The fraction of sp³-hybridized carbons (Fsp3) is 0.190. The number of hydrogen-bond acceptors (Lipinski definition) is 4. The van der Waals surface area contributed by atoms with Gasteiger partial charge < -0.3 is 10.6 Å². The standard InChI is InChI=1S/C21H21ClN4O/c1-15-5-2-3-7-17(15)12-24-21-25-13-18(14-26-21)20(27)23-10-9-16-6-4-8-19(22)11-16/h2-8,11,13-14H,9-10,12H2,1H3,(H,23,27)(H,24,25,26). The fourth-order valence-electron chi connectivity index (χ4n) is 2.63. The summed E-state index contributed by atoms with van der Waals surface area (Å²) in [4.78, 5) is 20.6. The van der Waals surface area contributed by atoms with Gasteiger partial charge in [-0.3, -0.25) is 4.79 Å². The largest absolute Gasteiger partial charge is 0.352 e. The molecular weight excluding hydrogens is 360 g/mol. The lowest BCUT2D eigenvalue weighted by Gasteiger charge is -2.08. The first-order chi connectivity index (χ1) is 13.1. The molecular formula is C21H21ClN4O. The lowest BCUT2D eigenvalue weighted by molar-refractivity contribution is 0.0953. The van der Waals surface area contributed by atoms with Crippen LogP contribution in [0.4, 0.5) is 5.95 Å². The maximum absolute atomic E-state index is 12.2. The third kappa shape index (κ3) is 5.53. The summed E-state index contributed by atoms with van der Waals surface area (Å²) in [5, 5.41) is 6.74. The van der Waals surface area contributed by atoms with Crippen molar-refractivity contribution in [3.8, 4) is 0 Å². The summed E-state index contributed by atoms with van der Waals surface area (Å²) in [5.41, 5.74) is 3.90. The Morgan fingerprint density at radius 2 is 1.85 bits per heavy atom. The SMILES string of the molecule is Cc1ccccc1CNc1ncc(C(=O)NCCc2cccc(Cl)c2)cn1. The van der Waals surface area contributed by atoms with Crippen molar-refractivity contribution in [1.29, 1.82) is 0 Å². The molecule has 1 amide bonds. The van der Waals surface area contributed by atoms with Gasteiger partial charge in [-0.05, 0) is 42.2 Å². The number of aryl methyl sites for hydroxylation is 1. The van der Waals surface area contributed by atoms with Gasteiger partial charge in [0.2, 0.25) is 5.95 Å². The monoisotopic (exact) mass is 380 g/mol. The molecule has 0 bridgehead atoms. The molecule has 3 aromatic rings. The molecule has 0 unspecified atom stereocenters. The van der Waals surface area contributed by atoms with Crippen LogP contribution in [0.2, 0.25) is 5.02 Å². The van der Waals surface area contributed by atoms with Gasteiger partial charge in [0.05, 0.1) is 5.56 Å². The van der Waals surface area contributed by atoms with E-state index >= 15 is 0 Å². The number of nitrogens with zero attached hydrogens (tertiary/aromatic N) is 2. The van der Waals surface area contributed by atoms with E-state index in [-0.39, 0.29) is 5.91 Å². The minimum absolute atomic E-state index is 0.192. The van der Waals surface area contributed by atoms with Gasteiger partial charge in [0.25, 0.3) is 5.91 Å². The smallest absolute Gasteiger partial charge is 0.254 e. The number of carbonyl (C=O) groups is 1. The van der Waals surface area contributed by atoms with Crippen LogP contribution >= 0.6 is 11.6 Å². The molecule has 2 N–H and O–H groups in total. The predicted octanol–water partition coefficient (Wildman–Crippen LogP) is 4.02. The first kappa shape index (κ1) is 18.9. The molecule has 0 saturated heterocycles. The molecule has 0 atom stereocenters. The summed E-state index contributed by atoms with van der Waals surface area (Å²) in [7, 11) is 0. The van der Waals surface area contributed by atoms with Crippen molar-refractivity contribution in [1.82, 2.24) is 15.3 Å². The summed E-state index contributed by atoms with van der Waals surface area (Å²) in [6, 6.07) is 15.7. The van der Waals surface area contributed by atoms with Crippen molar-refractivity contribution < 1.29 is 4.79 Å². The molecule has 6 heteroatoms. The zero-order valence-corrected chi connectivity index (χ0v) is 15.8. The van der Waals surface area contributed by atoms with E-state index < -0.39 is 0 Å². The maximum Gasteiger partial charge on any atom is 0.254 e. The van der Waals surface area contributed by atoms with E-state index in [1.54, 1.807) is 0 Å². The third-order valence-electron chi connectivity index (χ3n) is 4.20. The highest BCUT2D eigenvalue weighted by Gasteiger charge is 2.07. The molecule has 0 aliphatic carbocycles. The van der Waals surface area contributed by atoms with Crippen LogP contribution in [0.5, 0.6) is 0 Å². The summed E-state index contributed by atoms with van der Waals surface area (Å²) < 4.78 is 0. The zero-order valence-electron chi connectivity index (χ0n) is 15.1. The first-order valence-corrected chi connectivity index (χ1v) is 9.12. The van der Waals surface area contributed by atoms with Gasteiger partial charge in [0, 0.05) is 30.5 Å². The summed E-state index contributed by atoms with van der Waals surface area (Å²) in [6.45, 7) is 3.22. The third-order valence-corrected chi connectivity index (χ3v) is 4.44. The molecule has 0 radical (unpaired) electrons. The Bertz CT molecular complexity index is 912. The number of hydrogen-bond donors (Lipinski definition) is 2. The van der Waals surface area contributed by atoms with Crippen LogP contribution in [0, 0.1) is 6.92 Å². The lowest BCUT2D eigenvalue weighted by atomic mass is 10.1. The number of aromatic nitrogens is 2. The van der Waals surface area contributed by atoms with Gasteiger partial charge in [0.1, 0.15) is 0 Å². The number of carbonyl (C=O) groups excluding carboxylic acids is 1. The van der Waals surface area contributed by atoms with Crippen LogP contribution in [-0.4, -0.2) is 22.4 Å². The number of amides is 1. The van der Waals surface area contributed by atoms with Gasteiger partial charge in [-0.25, -0.2) is 9.97 Å². The quantitative estimate of drug-likeness (QED) is 0.649. The van der Waals surface area contributed by atoms with E-state index in [0.717, 1.165) is 5.56 Å². The number of halogens is 1. The number of benzene rings is 2. The predicted molar refractivity (Wildman–Crippen MR) is 108 cm³/mol. The van der Waals surface area contributed by atoms with Gasteiger partial charge in [-0.15, -0.1) is 0 Å². The molecule has 1 heterocycles. The molecule has 0 fully saturated rings. The number of nitrogens with one attached hydrogen (secondary N) is 2. The fourth-order valence-corrected chi connectivity index (χ4v) is 2.85. The van der Waals surface area contributed by atoms with Crippen molar-refractivity contribution in [2.24, 2.45) is 0 Å². The second-order valence-electron chi connectivity index (χ2n) is 6.21. The van der Waals surface area contributed by atoms with Gasteiger partial charge in [-0.2, -0.15) is 0 Å². The second-order valence-corrected chi connectivity index (χ2v) is 6.65. The van der Waals surface area contributed by atoms with E-state index in [0.29, 0.717) is 36.0 Å². The second kappa shape index (κ2) is 9.14. The molecule has 0 spiro atoms. The van der Waals surface area contributed by atoms with Crippen LogP contribution < -0.4 is 10.6 Å². The van der Waals surface area contributed by atoms with E-state index in [2.05, 4.69) is 39.7 Å². The summed E-state index contributed by atoms with van der Waals surface area (Å²) in [5.74, 6) is 0.302. The normalized spacial score (nSPS) is 10.4. The molecule has 1 aromatic heterocycles. The Morgan fingerprint density at radius 1 is 1.07 bits per heavy atom. The summed E-state index contributed by atoms with van der Waals surface area (Å²) in [6.07, 6.45) is 3.77. The zero-order chi connectivity index (χ0) is 19.1. The Morgan fingerprint density at radius 3 is 2.59 bits per heavy atom. The van der Waals surface area contributed by atoms with Crippen LogP contribution in [0.3, 0.4) is 0 Å². The van der Waals surface area contributed by atoms with Crippen LogP contribution in [-0.2, 0) is 13.0 Å². The Kier molecular flexibility index (Phi) is 6.39.